The Kier molecular flexibility index (Phi) is 6.81. The number of hydrogen-bond donors (Lipinski definition) is 1. The zero-order chi connectivity index (χ0) is 19.9. The number of ether oxygens (including phenoxy) is 1. The molecule has 7 heteroatoms. The molecule has 28 heavy (non-hydrogen) atoms. The van der Waals surface area contributed by atoms with Gasteiger partial charge in [-0.3, -0.25) is 9.59 Å². The van der Waals surface area contributed by atoms with Crippen LogP contribution in [-0.2, 0) is 20.7 Å². The molecular weight excluding hydrogens is 360 g/mol. The number of aliphatic carboxylic acids is 1. The summed E-state index contributed by atoms with van der Waals surface area (Å²) >= 11 is 0. The van der Waals surface area contributed by atoms with E-state index in [1.807, 2.05) is 37.3 Å². The topological polar surface area (TPSA) is 92.9 Å². The van der Waals surface area contributed by atoms with Crippen molar-refractivity contribution in [3.05, 3.63) is 41.9 Å². The van der Waals surface area contributed by atoms with E-state index in [1.54, 1.807) is 4.90 Å². The van der Waals surface area contributed by atoms with Gasteiger partial charge in [-0.15, -0.1) is 0 Å². The summed E-state index contributed by atoms with van der Waals surface area (Å²) in [5.74, 6) is 0.208. The van der Waals surface area contributed by atoms with Crippen LogP contribution in [0.25, 0.3) is 11.3 Å². The molecule has 1 aliphatic rings. The van der Waals surface area contributed by atoms with Gasteiger partial charge in [-0.25, -0.2) is 4.98 Å². The summed E-state index contributed by atoms with van der Waals surface area (Å²) in [5, 5.41) is 8.96. The number of benzene rings is 1. The largest absolute Gasteiger partial charge is 0.481 e. The van der Waals surface area contributed by atoms with Crippen molar-refractivity contribution >= 4 is 11.9 Å². The number of rotatable bonds is 9. The number of amides is 1. The maximum absolute atomic E-state index is 12.7. The minimum absolute atomic E-state index is 0.00795. The Hall–Kier alpha value is -2.67. The van der Waals surface area contributed by atoms with Crippen molar-refractivity contribution in [2.45, 2.75) is 45.1 Å². The molecule has 7 nitrogen and oxygen atoms in total. The number of hydrogen-bond acceptors (Lipinski definition) is 5. The fourth-order valence-electron chi connectivity index (χ4n) is 3.37. The minimum Gasteiger partial charge on any atom is -0.481 e. The molecule has 1 aromatic carbocycles. The third-order valence-electron chi connectivity index (χ3n) is 4.83. The Bertz CT molecular complexity index is 796. The number of carboxylic acids is 1. The SMILES string of the molecule is Cc1nc(CCC(=O)N(CCC(=O)O)C[C@H]2CCCO2)oc1-c1ccccc1. The average molecular weight is 386 g/mol. The van der Waals surface area contributed by atoms with Crippen LogP contribution in [-0.4, -0.2) is 52.7 Å². The molecule has 150 valence electrons. The van der Waals surface area contributed by atoms with Gasteiger partial charge in [-0.1, -0.05) is 30.3 Å². The summed E-state index contributed by atoms with van der Waals surface area (Å²) in [6.07, 6.45) is 2.39. The van der Waals surface area contributed by atoms with Crippen LogP contribution in [0.5, 0.6) is 0 Å². The molecule has 1 amide bonds. The number of carbonyl (C=O) groups excluding carboxylic acids is 1. The Morgan fingerprint density at radius 1 is 1.25 bits per heavy atom. The zero-order valence-corrected chi connectivity index (χ0v) is 16.1. The van der Waals surface area contributed by atoms with Gasteiger partial charge in [0.1, 0.15) is 0 Å². The summed E-state index contributed by atoms with van der Waals surface area (Å²) in [6, 6.07) is 9.72. The van der Waals surface area contributed by atoms with E-state index >= 15 is 0 Å². The lowest BCUT2D eigenvalue weighted by Gasteiger charge is -2.24. The highest BCUT2D eigenvalue weighted by atomic mass is 16.5. The lowest BCUT2D eigenvalue weighted by Crippen LogP contribution is -2.38. The molecule has 0 spiro atoms. The maximum atomic E-state index is 12.7. The van der Waals surface area contributed by atoms with Crippen molar-refractivity contribution in [2.75, 3.05) is 19.7 Å². The van der Waals surface area contributed by atoms with Gasteiger partial charge in [0.2, 0.25) is 5.91 Å². The summed E-state index contributed by atoms with van der Waals surface area (Å²) in [4.78, 5) is 29.6. The smallest absolute Gasteiger partial charge is 0.305 e. The first-order valence-electron chi connectivity index (χ1n) is 9.66. The molecule has 0 aliphatic carbocycles. The first-order valence-corrected chi connectivity index (χ1v) is 9.66. The lowest BCUT2D eigenvalue weighted by atomic mass is 10.1. The van der Waals surface area contributed by atoms with Gasteiger partial charge in [-0.05, 0) is 19.8 Å². The molecule has 0 bridgehead atoms. The van der Waals surface area contributed by atoms with E-state index < -0.39 is 5.97 Å². The normalized spacial score (nSPS) is 16.2. The standard InChI is InChI=1S/C21H26N2O5/c1-15-21(16-6-3-2-4-7-16)28-18(22-15)9-10-19(24)23(12-11-20(25)26)14-17-8-5-13-27-17/h2-4,6-7,17H,5,8-14H2,1H3,(H,25,26)/t17-/m1/s1. The van der Waals surface area contributed by atoms with E-state index in [4.69, 9.17) is 14.3 Å². The molecule has 2 heterocycles. The lowest BCUT2D eigenvalue weighted by molar-refractivity contribution is -0.139. The number of aromatic nitrogens is 1. The van der Waals surface area contributed by atoms with Gasteiger partial charge in [0.05, 0.1) is 18.2 Å². The number of nitrogens with zero attached hydrogens (tertiary/aromatic N) is 2. The molecule has 3 rings (SSSR count). The van der Waals surface area contributed by atoms with E-state index in [0.717, 1.165) is 24.1 Å². The van der Waals surface area contributed by atoms with E-state index in [1.165, 1.54) is 0 Å². The van der Waals surface area contributed by atoms with Gasteiger partial charge in [0.15, 0.2) is 11.7 Å². The molecule has 1 N–H and O–H groups in total. The number of carboxylic acid groups (broad SMARTS) is 1. The predicted octanol–water partition coefficient (Wildman–Crippen LogP) is 3.06. The first-order chi connectivity index (χ1) is 13.5. The van der Waals surface area contributed by atoms with Gasteiger partial charge in [0, 0.05) is 38.1 Å². The zero-order valence-electron chi connectivity index (χ0n) is 16.1. The average Bonchev–Trinajstić information content (AvgIpc) is 3.33. The molecule has 0 radical (unpaired) electrons. The van der Waals surface area contributed by atoms with Crippen molar-refractivity contribution in [3.8, 4) is 11.3 Å². The van der Waals surface area contributed by atoms with E-state index in [-0.39, 0.29) is 31.4 Å². The second-order valence-electron chi connectivity index (χ2n) is 7.01. The molecule has 1 aliphatic heterocycles. The van der Waals surface area contributed by atoms with Crippen LogP contribution in [0.1, 0.15) is 37.3 Å². The van der Waals surface area contributed by atoms with E-state index in [2.05, 4.69) is 4.98 Å². The highest BCUT2D eigenvalue weighted by Gasteiger charge is 2.23. The molecule has 1 saturated heterocycles. The summed E-state index contributed by atoms with van der Waals surface area (Å²) in [5.41, 5.74) is 1.74. The second kappa shape index (κ2) is 9.50. The van der Waals surface area contributed by atoms with Gasteiger partial charge < -0.3 is 19.2 Å². The summed E-state index contributed by atoms with van der Waals surface area (Å²) in [6.45, 7) is 3.21. The maximum Gasteiger partial charge on any atom is 0.305 e. The van der Waals surface area contributed by atoms with Crippen molar-refractivity contribution < 1.29 is 23.8 Å². The highest BCUT2D eigenvalue weighted by Crippen LogP contribution is 2.24. The van der Waals surface area contributed by atoms with Gasteiger partial charge >= 0.3 is 5.97 Å². The van der Waals surface area contributed by atoms with Crippen LogP contribution in [0.2, 0.25) is 0 Å². The molecule has 2 aromatic rings. The monoisotopic (exact) mass is 386 g/mol. The Balaban J connectivity index is 1.60. The third kappa shape index (κ3) is 5.42. The number of carbonyl (C=O) groups is 2. The predicted molar refractivity (Wildman–Crippen MR) is 103 cm³/mol. The molecule has 0 saturated carbocycles. The van der Waals surface area contributed by atoms with Crippen molar-refractivity contribution in [2.24, 2.45) is 0 Å². The van der Waals surface area contributed by atoms with Crippen LogP contribution in [0, 0.1) is 6.92 Å². The first kappa shape index (κ1) is 20.1. The highest BCUT2D eigenvalue weighted by molar-refractivity contribution is 5.77. The molecule has 1 fully saturated rings. The fraction of sp³-hybridized carbons (Fsp3) is 0.476. The molecule has 1 atom stereocenters. The minimum atomic E-state index is -0.916. The van der Waals surface area contributed by atoms with Gasteiger partial charge in [-0.2, -0.15) is 0 Å². The summed E-state index contributed by atoms with van der Waals surface area (Å²) < 4.78 is 11.5. The Morgan fingerprint density at radius 3 is 2.71 bits per heavy atom. The molecular formula is C21H26N2O5. The van der Waals surface area contributed by atoms with Crippen LogP contribution in [0.4, 0.5) is 0 Å². The Morgan fingerprint density at radius 2 is 2.04 bits per heavy atom. The van der Waals surface area contributed by atoms with Crippen LogP contribution in [0.3, 0.4) is 0 Å². The summed E-state index contributed by atoms with van der Waals surface area (Å²) in [7, 11) is 0. The quantitative estimate of drug-likeness (QED) is 0.712. The van der Waals surface area contributed by atoms with Crippen LogP contribution >= 0.6 is 0 Å². The second-order valence-corrected chi connectivity index (χ2v) is 7.01. The fourth-order valence-corrected chi connectivity index (χ4v) is 3.37. The Labute approximate surface area is 164 Å². The number of oxazole rings is 1. The van der Waals surface area contributed by atoms with Crippen LogP contribution < -0.4 is 0 Å². The molecule has 1 aromatic heterocycles. The van der Waals surface area contributed by atoms with Crippen molar-refractivity contribution in [1.82, 2.24) is 9.88 Å². The van der Waals surface area contributed by atoms with Crippen molar-refractivity contribution in [1.29, 1.82) is 0 Å². The van der Waals surface area contributed by atoms with Crippen LogP contribution in [0.15, 0.2) is 34.7 Å². The van der Waals surface area contributed by atoms with E-state index in [9.17, 15) is 9.59 Å². The molecule has 0 unspecified atom stereocenters. The third-order valence-corrected chi connectivity index (χ3v) is 4.83. The number of aryl methyl sites for hydroxylation is 2. The van der Waals surface area contributed by atoms with Gasteiger partial charge in [0.25, 0.3) is 0 Å². The van der Waals surface area contributed by atoms with Crippen molar-refractivity contribution in [3.63, 3.8) is 0 Å². The van der Waals surface area contributed by atoms with E-state index in [0.29, 0.717) is 31.2 Å².